The van der Waals surface area contributed by atoms with Gasteiger partial charge in [-0.1, -0.05) is 0 Å². The summed E-state index contributed by atoms with van der Waals surface area (Å²) in [5.41, 5.74) is 0.797. The third kappa shape index (κ3) is 3.46. The molecular formula is C14H16N2O6S. The molecule has 9 heteroatoms. The molecule has 0 saturated carbocycles. The second kappa shape index (κ2) is 6.57. The average Bonchev–Trinajstić information content (AvgIpc) is 3.25. The monoisotopic (exact) mass is 340 g/mol. The predicted octanol–water partition coefficient (Wildman–Crippen LogP) is 0.823. The Balaban J connectivity index is 1.68. The molecule has 0 aliphatic carbocycles. The molecule has 0 bridgehead atoms. The molecule has 3 heterocycles. The molecular weight excluding hydrogens is 324 g/mol. The zero-order valence-corrected chi connectivity index (χ0v) is 13.0. The van der Waals surface area contributed by atoms with Crippen LogP contribution in [0.1, 0.15) is 16.1 Å². The maximum absolute atomic E-state index is 12.4. The zero-order valence-electron chi connectivity index (χ0n) is 12.2. The highest BCUT2D eigenvalue weighted by Gasteiger charge is 2.29. The minimum Gasteiger partial charge on any atom is -0.472 e. The molecule has 124 valence electrons. The molecule has 1 fully saturated rings. The SMILES string of the molecule is O=C(NCc1ccoc1)c1ccc(S(=O)(=O)N2CCOCC2)o1. The third-order valence-electron chi connectivity index (χ3n) is 3.40. The Labute approximate surface area is 133 Å². The summed E-state index contributed by atoms with van der Waals surface area (Å²) in [5.74, 6) is -0.546. The van der Waals surface area contributed by atoms with Gasteiger partial charge < -0.3 is 18.9 Å². The first-order valence-corrected chi connectivity index (χ1v) is 8.48. The fraction of sp³-hybridized carbons (Fsp3) is 0.357. The number of amides is 1. The summed E-state index contributed by atoms with van der Waals surface area (Å²) in [6.45, 7) is 1.49. The minimum absolute atomic E-state index is 0.0553. The lowest BCUT2D eigenvalue weighted by Gasteiger charge is -2.24. The Hall–Kier alpha value is -2.10. The lowest BCUT2D eigenvalue weighted by molar-refractivity contribution is 0.0722. The van der Waals surface area contributed by atoms with Gasteiger partial charge in [0.2, 0.25) is 5.09 Å². The number of nitrogens with zero attached hydrogens (tertiary/aromatic N) is 1. The molecule has 1 aliphatic heterocycles. The minimum atomic E-state index is -3.74. The van der Waals surface area contributed by atoms with Crippen LogP contribution in [0.5, 0.6) is 0 Å². The summed E-state index contributed by atoms with van der Waals surface area (Å²) in [6.07, 6.45) is 3.01. The number of furan rings is 2. The van der Waals surface area contributed by atoms with Gasteiger partial charge in [0.15, 0.2) is 5.76 Å². The Kier molecular flexibility index (Phi) is 4.51. The number of rotatable bonds is 5. The number of sulfonamides is 1. The van der Waals surface area contributed by atoms with Crippen LogP contribution in [0.3, 0.4) is 0 Å². The molecule has 1 saturated heterocycles. The third-order valence-corrected chi connectivity index (χ3v) is 5.18. The van der Waals surface area contributed by atoms with E-state index >= 15 is 0 Å². The highest BCUT2D eigenvalue weighted by atomic mass is 32.2. The number of carbonyl (C=O) groups excluding carboxylic acids is 1. The maximum Gasteiger partial charge on any atom is 0.287 e. The van der Waals surface area contributed by atoms with Gasteiger partial charge in [-0.3, -0.25) is 4.79 Å². The molecule has 0 radical (unpaired) electrons. The Bertz CT molecular complexity index is 759. The maximum atomic E-state index is 12.4. The summed E-state index contributed by atoms with van der Waals surface area (Å²) in [4.78, 5) is 12.0. The lowest BCUT2D eigenvalue weighted by atomic mass is 10.3. The first-order chi connectivity index (χ1) is 11.1. The van der Waals surface area contributed by atoms with Crippen LogP contribution in [0.2, 0.25) is 0 Å². The number of nitrogens with one attached hydrogen (secondary N) is 1. The van der Waals surface area contributed by atoms with Gasteiger partial charge in [-0.05, 0) is 18.2 Å². The molecule has 3 rings (SSSR count). The Morgan fingerprint density at radius 3 is 2.70 bits per heavy atom. The van der Waals surface area contributed by atoms with Crippen LogP contribution >= 0.6 is 0 Å². The van der Waals surface area contributed by atoms with Gasteiger partial charge in [-0.15, -0.1) is 0 Å². The Morgan fingerprint density at radius 1 is 1.22 bits per heavy atom. The van der Waals surface area contributed by atoms with Gasteiger partial charge in [0.05, 0.1) is 25.7 Å². The first-order valence-electron chi connectivity index (χ1n) is 7.04. The van der Waals surface area contributed by atoms with Crippen LogP contribution < -0.4 is 5.32 Å². The molecule has 0 atom stereocenters. The van der Waals surface area contributed by atoms with Crippen LogP contribution in [0.25, 0.3) is 0 Å². The van der Waals surface area contributed by atoms with Crippen molar-refractivity contribution < 1.29 is 26.8 Å². The van der Waals surface area contributed by atoms with Crippen molar-refractivity contribution in [1.82, 2.24) is 9.62 Å². The quantitative estimate of drug-likeness (QED) is 0.865. The molecule has 23 heavy (non-hydrogen) atoms. The summed E-state index contributed by atoms with van der Waals surface area (Å²) in [5, 5.41) is 2.38. The number of hydrogen-bond donors (Lipinski definition) is 1. The number of morpholine rings is 1. The highest BCUT2D eigenvalue weighted by Crippen LogP contribution is 2.20. The van der Waals surface area contributed by atoms with Crippen molar-refractivity contribution in [2.45, 2.75) is 11.6 Å². The van der Waals surface area contributed by atoms with E-state index in [1.54, 1.807) is 6.07 Å². The standard InChI is InChI=1S/C14H16N2O6S/c17-14(15-9-11-3-6-21-10-11)12-1-2-13(22-12)23(18,19)16-4-7-20-8-5-16/h1-3,6,10H,4-5,7-9H2,(H,15,17). The molecule has 0 unspecified atom stereocenters. The van der Waals surface area contributed by atoms with Crippen molar-refractivity contribution in [2.24, 2.45) is 0 Å². The van der Waals surface area contributed by atoms with E-state index in [2.05, 4.69) is 5.32 Å². The summed E-state index contributed by atoms with van der Waals surface area (Å²) in [7, 11) is -3.74. The van der Waals surface area contributed by atoms with Gasteiger partial charge >= 0.3 is 0 Å². The fourth-order valence-electron chi connectivity index (χ4n) is 2.16. The summed E-state index contributed by atoms with van der Waals surface area (Å²) < 4.78 is 41.3. The van der Waals surface area contributed by atoms with Crippen molar-refractivity contribution in [3.63, 3.8) is 0 Å². The average molecular weight is 340 g/mol. The first kappa shape index (κ1) is 15.8. The van der Waals surface area contributed by atoms with Crippen LogP contribution in [0, 0.1) is 0 Å². The summed E-state index contributed by atoms with van der Waals surface area (Å²) in [6, 6.07) is 4.35. The van der Waals surface area contributed by atoms with Crippen LogP contribution in [0.4, 0.5) is 0 Å². The van der Waals surface area contributed by atoms with Crippen molar-refractivity contribution in [3.8, 4) is 0 Å². The molecule has 1 amide bonds. The van der Waals surface area contributed by atoms with Crippen LogP contribution in [0.15, 0.2) is 44.7 Å². The van der Waals surface area contributed by atoms with Crippen molar-refractivity contribution in [3.05, 3.63) is 42.0 Å². The van der Waals surface area contributed by atoms with E-state index in [0.29, 0.717) is 13.2 Å². The van der Waals surface area contributed by atoms with Crippen molar-refractivity contribution >= 4 is 15.9 Å². The molecule has 2 aromatic heterocycles. The van der Waals surface area contributed by atoms with E-state index in [1.165, 1.54) is 29.0 Å². The molecule has 0 spiro atoms. The molecule has 1 N–H and O–H groups in total. The molecule has 1 aliphatic rings. The van der Waals surface area contributed by atoms with Gasteiger partial charge in [0.1, 0.15) is 0 Å². The van der Waals surface area contributed by atoms with Crippen molar-refractivity contribution in [2.75, 3.05) is 26.3 Å². The zero-order chi connectivity index (χ0) is 16.3. The highest BCUT2D eigenvalue weighted by molar-refractivity contribution is 7.89. The molecule has 0 aromatic carbocycles. The van der Waals surface area contributed by atoms with Crippen molar-refractivity contribution in [1.29, 1.82) is 0 Å². The Morgan fingerprint density at radius 2 is 2.00 bits per heavy atom. The van der Waals surface area contributed by atoms with E-state index in [1.807, 2.05) is 0 Å². The van der Waals surface area contributed by atoms with Gasteiger partial charge in [-0.2, -0.15) is 4.31 Å². The van der Waals surface area contributed by atoms with Gasteiger partial charge in [0, 0.05) is 25.2 Å². The second-order valence-corrected chi connectivity index (χ2v) is 6.82. The lowest BCUT2D eigenvalue weighted by Crippen LogP contribution is -2.40. The number of hydrogen-bond acceptors (Lipinski definition) is 6. The van der Waals surface area contributed by atoms with Crippen LogP contribution in [-0.2, 0) is 21.3 Å². The normalized spacial score (nSPS) is 16.3. The van der Waals surface area contributed by atoms with E-state index in [0.717, 1.165) is 5.56 Å². The topological polar surface area (TPSA) is 102 Å². The van der Waals surface area contributed by atoms with E-state index in [4.69, 9.17) is 13.6 Å². The second-order valence-electron chi connectivity index (χ2n) is 4.95. The summed E-state index contributed by atoms with van der Waals surface area (Å²) >= 11 is 0. The van der Waals surface area contributed by atoms with E-state index < -0.39 is 15.9 Å². The van der Waals surface area contributed by atoms with E-state index in [9.17, 15) is 13.2 Å². The van der Waals surface area contributed by atoms with Gasteiger partial charge in [-0.25, -0.2) is 8.42 Å². The van der Waals surface area contributed by atoms with E-state index in [-0.39, 0.29) is 30.5 Å². The number of ether oxygens (including phenoxy) is 1. The van der Waals surface area contributed by atoms with Gasteiger partial charge in [0.25, 0.3) is 15.9 Å². The largest absolute Gasteiger partial charge is 0.472 e. The number of carbonyl (C=O) groups is 1. The predicted molar refractivity (Wildman–Crippen MR) is 78.2 cm³/mol. The fourth-order valence-corrected chi connectivity index (χ4v) is 3.48. The molecule has 8 nitrogen and oxygen atoms in total. The smallest absolute Gasteiger partial charge is 0.287 e. The van der Waals surface area contributed by atoms with Crippen LogP contribution in [-0.4, -0.2) is 44.9 Å². The molecule has 2 aromatic rings.